The van der Waals surface area contributed by atoms with E-state index in [1.165, 1.54) is 0 Å². The van der Waals surface area contributed by atoms with Crippen LogP contribution in [0.25, 0.3) is 0 Å². The molecule has 0 aromatic carbocycles. The summed E-state index contributed by atoms with van der Waals surface area (Å²) in [5.41, 5.74) is 0.110. The van der Waals surface area contributed by atoms with Gasteiger partial charge < -0.3 is 5.32 Å². The van der Waals surface area contributed by atoms with Crippen LogP contribution in [-0.4, -0.2) is 16.7 Å². The van der Waals surface area contributed by atoms with Crippen LogP contribution in [0.4, 0.5) is 0 Å². The van der Waals surface area contributed by atoms with E-state index in [0.29, 0.717) is 6.04 Å². The van der Waals surface area contributed by atoms with Gasteiger partial charge in [-0.25, -0.2) is 0 Å². The van der Waals surface area contributed by atoms with Crippen molar-refractivity contribution in [3.8, 4) is 0 Å². The van der Waals surface area contributed by atoms with Gasteiger partial charge in [0.05, 0.1) is 6.04 Å². The first-order valence-corrected chi connectivity index (χ1v) is 6.88. The van der Waals surface area contributed by atoms with Crippen molar-refractivity contribution >= 4 is 11.3 Å². The lowest BCUT2D eigenvalue weighted by Gasteiger charge is -2.14. The summed E-state index contributed by atoms with van der Waals surface area (Å²) in [5, 5.41) is 14.4. The summed E-state index contributed by atoms with van der Waals surface area (Å²) in [5.74, 6) is 0. The Hall–Kier alpha value is -0.480. The van der Waals surface area contributed by atoms with Crippen LogP contribution in [0.15, 0.2) is 0 Å². The van der Waals surface area contributed by atoms with Gasteiger partial charge in [0.1, 0.15) is 10.0 Å². The Labute approximate surface area is 103 Å². The molecule has 0 spiro atoms. The lowest BCUT2D eigenvalue weighted by atomic mass is 9.98. The van der Waals surface area contributed by atoms with Crippen LogP contribution in [-0.2, 0) is 5.41 Å². The molecular weight excluding hydrogens is 218 g/mol. The van der Waals surface area contributed by atoms with Gasteiger partial charge in [-0.15, -0.1) is 10.2 Å². The molecule has 4 heteroatoms. The summed E-state index contributed by atoms with van der Waals surface area (Å²) in [6, 6.07) is 0.369. The maximum Gasteiger partial charge on any atom is 0.134 e. The van der Waals surface area contributed by atoms with Gasteiger partial charge in [0.2, 0.25) is 0 Å². The maximum atomic E-state index is 4.31. The fourth-order valence-electron chi connectivity index (χ4n) is 1.40. The van der Waals surface area contributed by atoms with Crippen LogP contribution in [0, 0.1) is 0 Å². The van der Waals surface area contributed by atoms with E-state index in [1.54, 1.807) is 11.3 Å². The molecule has 3 nitrogen and oxygen atoms in total. The second-order valence-corrected chi connectivity index (χ2v) is 6.12. The SMILES string of the molecule is CCCNC(CC)c1nnc(C(C)(C)C)s1. The van der Waals surface area contributed by atoms with Gasteiger partial charge in [-0.1, -0.05) is 46.0 Å². The quantitative estimate of drug-likeness (QED) is 0.859. The van der Waals surface area contributed by atoms with Gasteiger partial charge in [0.15, 0.2) is 0 Å². The largest absolute Gasteiger partial charge is 0.308 e. The van der Waals surface area contributed by atoms with E-state index in [0.717, 1.165) is 29.4 Å². The van der Waals surface area contributed by atoms with Crippen molar-refractivity contribution in [2.24, 2.45) is 0 Å². The van der Waals surface area contributed by atoms with E-state index in [1.807, 2.05) is 0 Å². The molecule has 0 saturated heterocycles. The average Bonchev–Trinajstić information content (AvgIpc) is 2.68. The summed E-state index contributed by atoms with van der Waals surface area (Å²) in [4.78, 5) is 0. The van der Waals surface area contributed by atoms with Crippen molar-refractivity contribution in [1.82, 2.24) is 15.5 Å². The summed E-state index contributed by atoms with van der Waals surface area (Å²) >= 11 is 1.74. The highest BCUT2D eigenvalue weighted by molar-refractivity contribution is 7.11. The number of rotatable bonds is 5. The van der Waals surface area contributed by atoms with Crippen LogP contribution < -0.4 is 5.32 Å². The normalized spacial score (nSPS) is 14.1. The Bertz CT molecular complexity index is 314. The molecule has 0 aliphatic carbocycles. The molecule has 0 bridgehead atoms. The van der Waals surface area contributed by atoms with Crippen LogP contribution in [0.5, 0.6) is 0 Å². The third-order valence-corrected chi connectivity index (χ3v) is 3.89. The molecule has 1 aromatic rings. The fourth-order valence-corrected chi connectivity index (χ4v) is 2.46. The minimum atomic E-state index is 0.110. The second-order valence-electron chi connectivity index (χ2n) is 5.11. The van der Waals surface area contributed by atoms with E-state index < -0.39 is 0 Å². The van der Waals surface area contributed by atoms with Crippen LogP contribution in [0.2, 0.25) is 0 Å². The number of nitrogens with zero attached hydrogens (tertiary/aromatic N) is 2. The second kappa shape index (κ2) is 5.73. The Morgan fingerprint density at radius 2 is 1.94 bits per heavy atom. The highest BCUT2D eigenvalue weighted by atomic mass is 32.1. The first kappa shape index (κ1) is 13.6. The number of aromatic nitrogens is 2. The van der Waals surface area contributed by atoms with Gasteiger partial charge in [0.25, 0.3) is 0 Å². The Morgan fingerprint density at radius 3 is 2.38 bits per heavy atom. The van der Waals surface area contributed by atoms with Gasteiger partial charge in [0, 0.05) is 5.41 Å². The molecule has 1 heterocycles. The lowest BCUT2D eigenvalue weighted by Crippen LogP contribution is -2.21. The number of hydrogen-bond acceptors (Lipinski definition) is 4. The maximum absolute atomic E-state index is 4.31. The molecule has 1 unspecified atom stereocenters. The van der Waals surface area contributed by atoms with E-state index in [2.05, 4.69) is 50.1 Å². The highest BCUT2D eigenvalue weighted by Crippen LogP contribution is 2.28. The Kier molecular flexibility index (Phi) is 4.87. The first-order chi connectivity index (χ1) is 7.49. The Balaban J connectivity index is 2.75. The molecular formula is C12H23N3S. The highest BCUT2D eigenvalue weighted by Gasteiger charge is 2.21. The molecule has 92 valence electrons. The third-order valence-electron chi connectivity index (χ3n) is 2.43. The molecule has 1 atom stereocenters. The standard InChI is InChI=1S/C12H23N3S/c1-6-8-13-9(7-2)10-14-15-11(16-10)12(3,4)5/h9,13H,6-8H2,1-5H3. The molecule has 0 radical (unpaired) electrons. The van der Waals surface area contributed by atoms with Crippen LogP contribution in [0.3, 0.4) is 0 Å². The van der Waals surface area contributed by atoms with Gasteiger partial charge >= 0.3 is 0 Å². The van der Waals surface area contributed by atoms with E-state index in [-0.39, 0.29) is 5.41 Å². The average molecular weight is 241 g/mol. The third kappa shape index (κ3) is 3.52. The fraction of sp³-hybridized carbons (Fsp3) is 0.833. The summed E-state index contributed by atoms with van der Waals surface area (Å²) in [7, 11) is 0. The van der Waals surface area contributed by atoms with E-state index in [4.69, 9.17) is 0 Å². The Morgan fingerprint density at radius 1 is 1.25 bits per heavy atom. The molecule has 16 heavy (non-hydrogen) atoms. The minimum Gasteiger partial charge on any atom is -0.308 e. The molecule has 1 aromatic heterocycles. The molecule has 0 aliphatic heterocycles. The monoisotopic (exact) mass is 241 g/mol. The zero-order valence-electron chi connectivity index (χ0n) is 11.0. The van der Waals surface area contributed by atoms with E-state index >= 15 is 0 Å². The molecule has 0 aliphatic rings. The van der Waals surface area contributed by atoms with Crippen molar-refractivity contribution in [2.75, 3.05) is 6.54 Å². The van der Waals surface area contributed by atoms with Gasteiger partial charge in [-0.3, -0.25) is 0 Å². The summed E-state index contributed by atoms with van der Waals surface area (Å²) in [6.07, 6.45) is 2.22. The topological polar surface area (TPSA) is 37.8 Å². The lowest BCUT2D eigenvalue weighted by molar-refractivity contribution is 0.511. The first-order valence-electron chi connectivity index (χ1n) is 6.06. The van der Waals surface area contributed by atoms with Gasteiger partial charge in [-0.05, 0) is 19.4 Å². The molecule has 0 amide bonds. The van der Waals surface area contributed by atoms with Crippen molar-refractivity contribution in [1.29, 1.82) is 0 Å². The van der Waals surface area contributed by atoms with E-state index in [9.17, 15) is 0 Å². The molecule has 1 N–H and O–H groups in total. The predicted octanol–water partition coefficient (Wildman–Crippen LogP) is 3.29. The van der Waals surface area contributed by atoms with Crippen LogP contribution >= 0.6 is 11.3 Å². The van der Waals surface area contributed by atoms with Crippen LogP contribution in [0.1, 0.15) is 63.5 Å². The molecule has 0 saturated carbocycles. The van der Waals surface area contributed by atoms with Gasteiger partial charge in [-0.2, -0.15) is 0 Å². The predicted molar refractivity (Wildman–Crippen MR) is 69.9 cm³/mol. The van der Waals surface area contributed by atoms with Crippen molar-refractivity contribution < 1.29 is 0 Å². The minimum absolute atomic E-state index is 0.110. The number of hydrogen-bond donors (Lipinski definition) is 1. The zero-order chi connectivity index (χ0) is 12.2. The smallest absolute Gasteiger partial charge is 0.134 e. The van der Waals surface area contributed by atoms with Crippen molar-refractivity contribution in [3.63, 3.8) is 0 Å². The summed E-state index contributed by atoms with van der Waals surface area (Å²) in [6.45, 7) is 11.9. The molecule has 0 fully saturated rings. The molecule has 1 rings (SSSR count). The number of nitrogens with one attached hydrogen (secondary N) is 1. The summed E-state index contributed by atoms with van der Waals surface area (Å²) < 4.78 is 0. The van der Waals surface area contributed by atoms with Crippen molar-refractivity contribution in [2.45, 2.75) is 58.9 Å². The zero-order valence-corrected chi connectivity index (χ0v) is 11.8. The van der Waals surface area contributed by atoms with Crippen molar-refractivity contribution in [3.05, 3.63) is 10.0 Å².